The molecule has 0 bridgehead atoms. The molecule has 242 valence electrons. The molecule has 2 aromatic rings. The fourth-order valence-corrected chi connectivity index (χ4v) is 4.68. The van der Waals surface area contributed by atoms with Crippen LogP contribution in [0.15, 0.2) is 52.4 Å². The molecular weight excluding hydrogens is 582 g/mol. The van der Waals surface area contributed by atoms with E-state index in [-0.39, 0.29) is 44.3 Å². The monoisotopic (exact) mass is 623 g/mol. The van der Waals surface area contributed by atoms with Gasteiger partial charge in [-0.1, -0.05) is 42.5 Å². The Kier molecular flexibility index (Phi) is 12.9. The summed E-state index contributed by atoms with van der Waals surface area (Å²) in [5.74, 6) is -3.42. The lowest BCUT2D eigenvalue weighted by atomic mass is 10.0. The number of nitrogens with zero attached hydrogens (tertiary/aromatic N) is 2. The van der Waals surface area contributed by atoms with Crippen molar-refractivity contribution in [3.8, 4) is 0 Å². The molecule has 0 aromatic heterocycles. The maximum atomic E-state index is 13.7. The van der Waals surface area contributed by atoms with E-state index >= 15 is 0 Å². The van der Waals surface area contributed by atoms with Crippen molar-refractivity contribution in [2.24, 2.45) is 32.9 Å². The second-order valence-corrected chi connectivity index (χ2v) is 10.5. The summed E-state index contributed by atoms with van der Waals surface area (Å²) in [5.41, 5.74) is 22.3. The van der Waals surface area contributed by atoms with E-state index in [0.29, 0.717) is 12.8 Å². The number of hydrogen-bond donors (Lipinski definition) is 9. The van der Waals surface area contributed by atoms with Crippen LogP contribution in [-0.4, -0.2) is 85.8 Å². The normalized spacial score (nSPS) is 19.9. The van der Waals surface area contributed by atoms with Gasteiger partial charge in [-0.2, -0.15) is 0 Å². The molecule has 1 heterocycles. The van der Waals surface area contributed by atoms with E-state index in [1.165, 1.54) is 0 Å². The van der Waals surface area contributed by atoms with Crippen LogP contribution in [0.4, 0.5) is 0 Å². The molecule has 3 rings (SSSR count). The van der Waals surface area contributed by atoms with Gasteiger partial charge in [-0.05, 0) is 42.0 Å². The minimum Gasteiger partial charge on any atom is -0.370 e. The first-order chi connectivity index (χ1) is 21.5. The van der Waals surface area contributed by atoms with E-state index in [9.17, 15) is 24.0 Å². The summed E-state index contributed by atoms with van der Waals surface area (Å²) in [6, 6.07) is 10.1. The predicted molar refractivity (Wildman–Crippen MR) is 169 cm³/mol. The summed E-state index contributed by atoms with van der Waals surface area (Å²) < 4.78 is 0. The highest BCUT2D eigenvalue weighted by Crippen LogP contribution is 2.17. The van der Waals surface area contributed by atoms with E-state index in [2.05, 4.69) is 36.6 Å². The SMILES string of the molecule is NC(N)=NCCC[C@@H]1NC(=O)[C@@H](CCCN=C(N)N)NC(=O)CNC(=O)CNC(=O)[C@H](Cc2ccc3ccccc3c2)NC1=O. The number of fused-ring (bicyclic) bond motifs is 1. The van der Waals surface area contributed by atoms with Crippen molar-refractivity contribution in [2.75, 3.05) is 26.2 Å². The Morgan fingerprint density at radius 1 is 0.644 bits per heavy atom. The van der Waals surface area contributed by atoms with Gasteiger partial charge in [0.15, 0.2) is 11.9 Å². The van der Waals surface area contributed by atoms with Gasteiger partial charge < -0.3 is 49.5 Å². The van der Waals surface area contributed by atoms with Crippen molar-refractivity contribution < 1.29 is 24.0 Å². The van der Waals surface area contributed by atoms with Crippen LogP contribution < -0.4 is 49.5 Å². The van der Waals surface area contributed by atoms with Crippen molar-refractivity contribution in [3.63, 3.8) is 0 Å². The molecule has 0 spiro atoms. The largest absolute Gasteiger partial charge is 0.370 e. The van der Waals surface area contributed by atoms with Gasteiger partial charge in [0.2, 0.25) is 29.5 Å². The zero-order chi connectivity index (χ0) is 32.8. The third kappa shape index (κ3) is 11.7. The first-order valence-corrected chi connectivity index (χ1v) is 14.5. The van der Waals surface area contributed by atoms with Crippen molar-refractivity contribution in [2.45, 2.75) is 50.2 Å². The van der Waals surface area contributed by atoms with E-state index < -0.39 is 60.8 Å². The maximum absolute atomic E-state index is 13.7. The molecule has 1 aliphatic rings. The first-order valence-electron chi connectivity index (χ1n) is 14.5. The standard InChI is InChI=1S/C29H41N11O5/c30-28(31)34-11-3-7-20-26(44)39-21(8-4-12-35-29(32)33)27(45)40-22(25(43)37-15-23(41)36-16-24(42)38-20)14-17-9-10-18-5-1-2-6-19(18)13-17/h1-2,5-6,9-10,13,20-22H,3-4,7-8,11-12,14-16H2,(H,36,41)(H,37,43)(H,38,42)(H,39,44)(H,40,45)(H4,30,31,34)(H4,32,33,35)/t20-,21+,22+/m1/s1. The molecule has 1 aliphatic heterocycles. The van der Waals surface area contributed by atoms with Crippen LogP contribution >= 0.6 is 0 Å². The molecule has 13 N–H and O–H groups in total. The van der Waals surface area contributed by atoms with Crippen LogP contribution in [0.25, 0.3) is 10.8 Å². The molecule has 0 saturated carbocycles. The van der Waals surface area contributed by atoms with Gasteiger partial charge in [0, 0.05) is 19.5 Å². The number of aliphatic imine (C=N–C) groups is 2. The third-order valence-electron chi connectivity index (χ3n) is 6.93. The van der Waals surface area contributed by atoms with Gasteiger partial charge in [-0.3, -0.25) is 34.0 Å². The van der Waals surface area contributed by atoms with Crippen molar-refractivity contribution in [3.05, 3.63) is 48.0 Å². The third-order valence-corrected chi connectivity index (χ3v) is 6.93. The second kappa shape index (κ2) is 17.0. The van der Waals surface area contributed by atoms with E-state index in [1.54, 1.807) is 0 Å². The Hall–Kier alpha value is -5.41. The zero-order valence-corrected chi connectivity index (χ0v) is 24.9. The number of amides is 5. The number of guanidine groups is 2. The average Bonchev–Trinajstić information content (AvgIpc) is 3.00. The minimum atomic E-state index is -1.11. The van der Waals surface area contributed by atoms with E-state index in [0.717, 1.165) is 16.3 Å². The molecular formula is C29H41N11O5. The van der Waals surface area contributed by atoms with E-state index in [4.69, 9.17) is 22.9 Å². The van der Waals surface area contributed by atoms with Gasteiger partial charge in [0.05, 0.1) is 13.1 Å². The highest BCUT2D eigenvalue weighted by molar-refractivity contribution is 5.96. The van der Waals surface area contributed by atoms with Crippen LogP contribution in [0.5, 0.6) is 0 Å². The number of carbonyl (C=O) groups excluding carboxylic acids is 5. The summed E-state index contributed by atoms with van der Waals surface area (Å²) in [6.07, 6.45) is 1.00. The topological polar surface area (TPSA) is 274 Å². The molecule has 0 aliphatic carbocycles. The van der Waals surface area contributed by atoms with Crippen LogP contribution in [0, 0.1) is 0 Å². The Bertz CT molecular complexity index is 1440. The summed E-state index contributed by atoms with van der Waals surface area (Å²) in [7, 11) is 0. The van der Waals surface area contributed by atoms with Gasteiger partial charge >= 0.3 is 0 Å². The Morgan fingerprint density at radius 2 is 1.20 bits per heavy atom. The van der Waals surface area contributed by atoms with Crippen LogP contribution in [-0.2, 0) is 30.4 Å². The fourth-order valence-electron chi connectivity index (χ4n) is 4.68. The first kappa shape index (κ1) is 34.1. The summed E-state index contributed by atoms with van der Waals surface area (Å²) in [4.78, 5) is 73.2. The molecule has 0 unspecified atom stereocenters. The molecule has 16 nitrogen and oxygen atoms in total. The molecule has 1 saturated heterocycles. The molecule has 16 heteroatoms. The van der Waals surface area contributed by atoms with Crippen LogP contribution in [0.1, 0.15) is 31.2 Å². The van der Waals surface area contributed by atoms with Crippen molar-refractivity contribution in [1.82, 2.24) is 26.6 Å². The zero-order valence-electron chi connectivity index (χ0n) is 24.9. The van der Waals surface area contributed by atoms with E-state index in [1.807, 2.05) is 42.5 Å². The van der Waals surface area contributed by atoms with Crippen LogP contribution in [0.3, 0.4) is 0 Å². The lowest BCUT2D eigenvalue weighted by Crippen LogP contribution is -2.57. The van der Waals surface area contributed by atoms with Crippen LogP contribution in [0.2, 0.25) is 0 Å². The summed E-state index contributed by atoms with van der Waals surface area (Å²) in [6.45, 7) is -0.482. The van der Waals surface area contributed by atoms with Gasteiger partial charge in [-0.15, -0.1) is 0 Å². The average molecular weight is 624 g/mol. The highest BCUT2D eigenvalue weighted by atomic mass is 16.2. The molecule has 3 atom stereocenters. The number of nitrogens with one attached hydrogen (secondary N) is 5. The molecule has 5 amide bonds. The molecule has 1 fully saturated rings. The minimum absolute atomic E-state index is 0.103. The number of benzene rings is 2. The molecule has 2 aromatic carbocycles. The number of carbonyl (C=O) groups is 5. The van der Waals surface area contributed by atoms with Gasteiger partial charge in [0.25, 0.3) is 0 Å². The summed E-state index contributed by atoms with van der Waals surface area (Å²) >= 11 is 0. The second-order valence-electron chi connectivity index (χ2n) is 10.5. The predicted octanol–water partition coefficient (Wildman–Crippen LogP) is -2.81. The number of nitrogens with two attached hydrogens (primary N) is 4. The number of rotatable bonds is 10. The Morgan fingerprint density at radius 3 is 1.82 bits per heavy atom. The fraction of sp³-hybridized carbons (Fsp3) is 0.414. The van der Waals surface area contributed by atoms with Crippen molar-refractivity contribution in [1.29, 1.82) is 0 Å². The lowest BCUT2D eigenvalue weighted by Gasteiger charge is -2.25. The van der Waals surface area contributed by atoms with Gasteiger partial charge in [-0.25, -0.2) is 0 Å². The molecule has 45 heavy (non-hydrogen) atoms. The highest BCUT2D eigenvalue weighted by Gasteiger charge is 2.30. The lowest BCUT2D eigenvalue weighted by molar-refractivity contribution is -0.133. The molecule has 0 radical (unpaired) electrons. The van der Waals surface area contributed by atoms with Crippen molar-refractivity contribution >= 4 is 52.2 Å². The quantitative estimate of drug-likeness (QED) is 0.0749. The Labute approximate surface area is 260 Å². The number of hydrogen-bond acceptors (Lipinski definition) is 7. The maximum Gasteiger partial charge on any atom is 0.243 e. The Balaban J connectivity index is 1.89. The summed E-state index contributed by atoms with van der Waals surface area (Å²) in [5, 5.41) is 14.9. The smallest absolute Gasteiger partial charge is 0.243 e. The van der Waals surface area contributed by atoms with Gasteiger partial charge in [0.1, 0.15) is 18.1 Å².